The summed E-state index contributed by atoms with van der Waals surface area (Å²) in [6.45, 7) is -0.333. The zero-order valence-corrected chi connectivity index (χ0v) is 10.3. The highest BCUT2D eigenvalue weighted by atomic mass is 32.2. The van der Waals surface area contributed by atoms with Crippen LogP contribution in [0.1, 0.15) is 24.4 Å². The third-order valence-electron chi connectivity index (χ3n) is 2.79. The summed E-state index contributed by atoms with van der Waals surface area (Å²) in [6.07, 6.45) is 2.16. The molecular weight excluding hydrogens is 255 g/mol. The Hall–Kier alpha value is -1.47. The molecule has 2 aromatic rings. The van der Waals surface area contributed by atoms with Crippen molar-refractivity contribution in [3.8, 4) is 0 Å². The lowest BCUT2D eigenvalue weighted by Gasteiger charge is -2.07. The van der Waals surface area contributed by atoms with Gasteiger partial charge in [-0.15, -0.1) is 5.10 Å². The van der Waals surface area contributed by atoms with Crippen molar-refractivity contribution in [2.24, 2.45) is 0 Å². The molecular formula is C11H11FN4OS. The van der Waals surface area contributed by atoms with E-state index >= 15 is 0 Å². The lowest BCUT2D eigenvalue weighted by Crippen LogP contribution is -1.99. The summed E-state index contributed by atoms with van der Waals surface area (Å²) in [7, 11) is 0. The van der Waals surface area contributed by atoms with E-state index in [1.807, 2.05) is 0 Å². The molecule has 1 aromatic carbocycles. The van der Waals surface area contributed by atoms with Crippen LogP contribution in [-0.4, -0.2) is 25.3 Å². The summed E-state index contributed by atoms with van der Waals surface area (Å²) in [4.78, 5) is 0.647. The van der Waals surface area contributed by atoms with Gasteiger partial charge in [0, 0.05) is 10.5 Å². The Labute approximate surface area is 107 Å². The van der Waals surface area contributed by atoms with Crippen LogP contribution in [0.5, 0.6) is 0 Å². The van der Waals surface area contributed by atoms with Crippen LogP contribution in [0.4, 0.5) is 4.39 Å². The standard InChI is InChI=1S/C11H11FN4OS/c12-9-2-1-3-10(8(9)6-17)18-11-13-14-15-16(11)7-4-5-7/h1-3,7,17H,4-6H2. The number of hydrogen-bond acceptors (Lipinski definition) is 5. The molecule has 94 valence electrons. The maximum Gasteiger partial charge on any atom is 0.214 e. The monoisotopic (exact) mass is 266 g/mol. The lowest BCUT2D eigenvalue weighted by molar-refractivity contribution is 0.272. The zero-order chi connectivity index (χ0) is 12.5. The molecule has 5 nitrogen and oxygen atoms in total. The van der Waals surface area contributed by atoms with Crippen LogP contribution >= 0.6 is 11.8 Å². The molecule has 1 aliphatic carbocycles. The second-order valence-electron chi connectivity index (χ2n) is 4.11. The molecule has 1 fully saturated rings. The number of hydrogen-bond donors (Lipinski definition) is 1. The summed E-state index contributed by atoms with van der Waals surface area (Å²) in [5.74, 6) is -0.409. The van der Waals surface area contributed by atoms with E-state index in [0.29, 0.717) is 16.1 Å². The number of benzene rings is 1. The summed E-state index contributed by atoms with van der Waals surface area (Å²) in [6, 6.07) is 5.07. The highest BCUT2D eigenvalue weighted by molar-refractivity contribution is 7.99. The molecule has 1 aromatic heterocycles. The Morgan fingerprint density at radius 2 is 2.28 bits per heavy atom. The molecule has 1 saturated carbocycles. The maximum absolute atomic E-state index is 13.5. The Balaban J connectivity index is 1.92. The molecule has 1 N–H and O–H groups in total. The van der Waals surface area contributed by atoms with Crippen molar-refractivity contribution in [3.05, 3.63) is 29.6 Å². The van der Waals surface area contributed by atoms with Crippen LogP contribution in [0.3, 0.4) is 0 Å². The molecule has 0 radical (unpaired) electrons. The molecule has 7 heteroatoms. The minimum absolute atomic E-state index is 0.285. The fourth-order valence-corrected chi connectivity index (χ4v) is 2.67. The van der Waals surface area contributed by atoms with Gasteiger partial charge in [0.1, 0.15) is 5.82 Å². The minimum atomic E-state index is -0.409. The average molecular weight is 266 g/mol. The lowest BCUT2D eigenvalue weighted by atomic mass is 10.2. The Kier molecular flexibility index (Phi) is 3.00. The number of aliphatic hydroxyl groups is 1. The van der Waals surface area contributed by atoms with Gasteiger partial charge < -0.3 is 5.11 Å². The predicted molar refractivity (Wildman–Crippen MR) is 62.5 cm³/mol. The van der Waals surface area contributed by atoms with Gasteiger partial charge in [0.2, 0.25) is 5.16 Å². The highest BCUT2D eigenvalue weighted by Gasteiger charge is 2.28. The van der Waals surface area contributed by atoms with Crippen LogP contribution in [-0.2, 0) is 6.61 Å². The maximum atomic E-state index is 13.5. The van der Waals surface area contributed by atoms with Crippen molar-refractivity contribution < 1.29 is 9.50 Å². The van der Waals surface area contributed by atoms with Gasteiger partial charge in [0.15, 0.2) is 0 Å². The average Bonchev–Trinajstić information content (AvgIpc) is 3.11. The van der Waals surface area contributed by atoms with Gasteiger partial charge in [-0.25, -0.2) is 9.07 Å². The van der Waals surface area contributed by atoms with Gasteiger partial charge in [-0.1, -0.05) is 6.07 Å². The van der Waals surface area contributed by atoms with E-state index in [4.69, 9.17) is 0 Å². The van der Waals surface area contributed by atoms with Gasteiger partial charge >= 0.3 is 0 Å². The molecule has 0 atom stereocenters. The van der Waals surface area contributed by atoms with E-state index in [1.165, 1.54) is 17.8 Å². The van der Waals surface area contributed by atoms with Crippen molar-refractivity contribution in [2.75, 3.05) is 0 Å². The largest absolute Gasteiger partial charge is 0.392 e. The highest BCUT2D eigenvalue weighted by Crippen LogP contribution is 2.38. The van der Waals surface area contributed by atoms with E-state index in [2.05, 4.69) is 15.5 Å². The first-order valence-electron chi connectivity index (χ1n) is 5.63. The van der Waals surface area contributed by atoms with Gasteiger partial charge in [-0.3, -0.25) is 0 Å². The van der Waals surface area contributed by atoms with Gasteiger partial charge in [0.25, 0.3) is 0 Å². The normalized spacial score (nSPS) is 15.0. The number of aromatic nitrogens is 4. The van der Waals surface area contributed by atoms with E-state index in [0.717, 1.165) is 12.8 Å². The van der Waals surface area contributed by atoms with Crippen LogP contribution < -0.4 is 0 Å². The van der Waals surface area contributed by atoms with E-state index in [9.17, 15) is 9.50 Å². The van der Waals surface area contributed by atoms with E-state index < -0.39 is 5.82 Å². The molecule has 0 amide bonds. The van der Waals surface area contributed by atoms with Crippen molar-refractivity contribution >= 4 is 11.8 Å². The number of tetrazole rings is 1. The summed E-state index contributed by atoms with van der Waals surface area (Å²) in [5, 5.41) is 21.4. The molecule has 0 unspecified atom stereocenters. The topological polar surface area (TPSA) is 63.8 Å². The first-order chi connectivity index (χ1) is 8.79. The fraction of sp³-hybridized carbons (Fsp3) is 0.364. The predicted octanol–water partition coefficient (Wildman–Crippen LogP) is 1.79. The Bertz CT molecular complexity index is 570. The van der Waals surface area contributed by atoms with Crippen LogP contribution in [0, 0.1) is 5.82 Å². The first kappa shape index (κ1) is 11.6. The summed E-state index contributed by atoms with van der Waals surface area (Å²) >= 11 is 1.28. The zero-order valence-electron chi connectivity index (χ0n) is 9.45. The van der Waals surface area contributed by atoms with Gasteiger partial charge in [-0.2, -0.15) is 0 Å². The molecule has 0 saturated heterocycles. The van der Waals surface area contributed by atoms with Crippen LogP contribution in [0.25, 0.3) is 0 Å². The second kappa shape index (κ2) is 4.66. The Morgan fingerprint density at radius 1 is 1.44 bits per heavy atom. The molecule has 3 rings (SSSR count). The second-order valence-corrected chi connectivity index (χ2v) is 5.12. The number of aliphatic hydroxyl groups excluding tert-OH is 1. The smallest absolute Gasteiger partial charge is 0.214 e. The quantitative estimate of drug-likeness (QED) is 0.914. The number of nitrogens with zero attached hydrogens (tertiary/aromatic N) is 4. The Morgan fingerprint density at radius 3 is 3.00 bits per heavy atom. The molecule has 0 spiro atoms. The molecule has 18 heavy (non-hydrogen) atoms. The van der Waals surface area contributed by atoms with E-state index in [1.54, 1.807) is 16.8 Å². The first-order valence-corrected chi connectivity index (χ1v) is 6.45. The van der Waals surface area contributed by atoms with Gasteiger partial charge in [0.05, 0.1) is 12.6 Å². The molecule has 0 bridgehead atoms. The third kappa shape index (κ3) is 2.11. The van der Waals surface area contributed by atoms with Crippen molar-refractivity contribution in [1.82, 2.24) is 20.2 Å². The third-order valence-corrected chi connectivity index (χ3v) is 3.84. The fourth-order valence-electron chi connectivity index (χ4n) is 1.69. The number of rotatable bonds is 4. The van der Waals surface area contributed by atoms with Crippen LogP contribution in [0.15, 0.2) is 28.3 Å². The van der Waals surface area contributed by atoms with Crippen molar-refractivity contribution in [2.45, 2.75) is 35.5 Å². The summed E-state index contributed by atoms with van der Waals surface area (Å²) < 4.78 is 15.3. The van der Waals surface area contributed by atoms with Crippen molar-refractivity contribution in [3.63, 3.8) is 0 Å². The number of halogens is 1. The van der Waals surface area contributed by atoms with Gasteiger partial charge in [-0.05, 0) is 47.2 Å². The van der Waals surface area contributed by atoms with Crippen molar-refractivity contribution in [1.29, 1.82) is 0 Å². The molecule has 1 heterocycles. The molecule has 1 aliphatic rings. The molecule has 0 aliphatic heterocycles. The van der Waals surface area contributed by atoms with E-state index in [-0.39, 0.29) is 12.2 Å². The SMILES string of the molecule is OCc1c(F)cccc1Sc1nnnn1C1CC1. The van der Waals surface area contributed by atoms with Crippen LogP contribution in [0.2, 0.25) is 0 Å². The summed E-state index contributed by atoms with van der Waals surface area (Å²) in [5.41, 5.74) is 0.285. The minimum Gasteiger partial charge on any atom is -0.392 e.